The molecule has 1 heterocycles. The summed E-state index contributed by atoms with van der Waals surface area (Å²) >= 11 is 0. The molecule has 0 unspecified atom stereocenters. The number of hydrogen-bond acceptors (Lipinski definition) is 4. The molecule has 0 aliphatic heterocycles. The molecule has 18 heavy (non-hydrogen) atoms. The summed E-state index contributed by atoms with van der Waals surface area (Å²) in [5.41, 5.74) is 2.10. The van der Waals surface area contributed by atoms with Gasteiger partial charge in [-0.2, -0.15) is 10.2 Å². The summed E-state index contributed by atoms with van der Waals surface area (Å²) in [7, 11) is 0. The number of nitrogens with zero attached hydrogens (tertiary/aromatic N) is 3. The number of rotatable bonds is 6. The highest BCUT2D eigenvalue weighted by Gasteiger charge is 2.18. The number of carbonyl (C=O) groups is 1. The van der Waals surface area contributed by atoms with Crippen LogP contribution in [0.5, 0.6) is 0 Å². The van der Waals surface area contributed by atoms with Gasteiger partial charge >= 0.3 is 0 Å². The molecule has 100 valence electrons. The van der Waals surface area contributed by atoms with Crippen molar-refractivity contribution in [1.29, 1.82) is 0 Å². The van der Waals surface area contributed by atoms with Crippen LogP contribution in [0.15, 0.2) is 6.07 Å². The first-order valence-corrected chi connectivity index (χ1v) is 6.37. The van der Waals surface area contributed by atoms with Gasteiger partial charge in [-0.15, -0.1) is 0 Å². The summed E-state index contributed by atoms with van der Waals surface area (Å²) in [6, 6.07) is 1.79. The number of aliphatic hydroxyl groups is 1. The van der Waals surface area contributed by atoms with Gasteiger partial charge in [-0.1, -0.05) is 6.92 Å². The van der Waals surface area contributed by atoms with Crippen molar-refractivity contribution in [1.82, 2.24) is 15.1 Å². The second-order valence-electron chi connectivity index (χ2n) is 4.16. The van der Waals surface area contributed by atoms with Crippen LogP contribution in [0, 0.1) is 6.92 Å². The Morgan fingerprint density at radius 1 is 1.39 bits per heavy atom. The number of aryl methyl sites for hydroxylation is 2. The van der Waals surface area contributed by atoms with Crippen molar-refractivity contribution in [2.75, 3.05) is 19.7 Å². The molecular formula is C13H21N3O2. The van der Waals surface area contributed by atoms with Crippen LogP contribution in [-0.4, -0.2) is 45.8 Å². The lowest BCUT2D eigenvalue weighted by molar-refractivity contribution is 0.0752. The molecule has 0 aliphatic carbocycles. The SMILES string of the molecule is CCc1nnc(C)cc1C(=O)N(CC)CCCO. The van der Waals surface area contributed by atoms with Crippen molar-refractivity contribution < 1.29 is 9.90 Å². The van der Waals surface area contributed by atoms with E-state index in [1.54, 1.807) is 11.0 Å². The monoisotopic (exact) mass is 251 g/mol. The predicted octanol–water partition coefficient (Wildman–Crippen LogP) is 1.19. The van der Waals surface area contributed by atoms with Gasteiger partial charge in [0, 0.05) is 19.7 Å². The van der Waals surface area contributed by atoms with Gasteiger partial charge in [-0.05, 0) is 32.8 Å². The van der Waals surface area contributed by atoms with Gasteiger partial charge in [-0.3, -0.25) is 4.79 Å². The molecule has 0 bridgehead atoms. The third-order valence-corrected chi connectivity index (χ3v) is 2.81. The lowest BCUT2D eigenvalue weighted by Gasteiger charge is -2.21. The van der Waals surface area contributed by atoms with Crippen molar-refractivity contribution in [3.63, 3.8) is 0 Å². The first-order chi connectivity index (χ1) is 8.63. The second-order valence-corrected chi connectivity index (χ2v) is 4.16. The number of hydrogen-bond donors (Lipinski definition) is 1. The highest BCUT2D eigenvalue weighted by atomic mass is 16.3. The Morgan fingerprint density at radius 3 is 2.67 bits per heavy atom. The molecule has 0 aromatic carbocycles. The molecule has 5 nitrogen and oxygen atoms in total. The van der Waals surface area contributed by atoms with Crippen molar-refractivity contribution in [3.8, 4) is 0 Å². The molecule has 1 aromatic heterocycles. The van der Waals surface area contributed by atoms with Crippen molar-refractivity contribution >= 4 is 5.91 Å². The van der Waals surface area contributed by atoms with Crippen molar-refractivity contribution in [2.24, 2.45) is 0 Å². The minimum Gasteiger partial charge on any atom is -0.396 e. The van der Waals surface area contributed by atoms with Crippen LogP contribution >= 0.6 is 0 Å². The summed E-state index contributed by atoms with van der Waals surface area (Å²) in [5, 5.41) is 16.9. The van der Waals surface area contributed by atoms with Crippen LogP contribution in [0.2, 0.25) is 0 Å². The smallest absolute Gasteiger partial charge is 0.255 e. The zero-order valence-electron chi connectivity index (χ0n) is 11.3. The van der Waals surface area contributed by atoms with Crippen LogP contribution in [0.3, 0.4) is 0 Å². The fraction of sp³-hybridized carbons (Fsp3) is 0.615. The average Bonchev–Trinajstić information content (AvgIpc) is 2.39. The number of amides is 1. The molecule has 0 atom stereocenters. The van der Waals surface area contributed by atoms with E-state index in [4.69, 9.17) is 5.11 Å². The van der Waals surface area contributed by atoms with Crippen LogP contribution in [0.1, 0.15) is 42.0 Å². The Labute approximate surface area is 108 Å². The fourth-order valence-electron chi connectivity index (χ4n) is 1.80. The maximum absolute atomic E-state index is 12.4. The van der Waals surface area contributed by atoms with Gasteiger partial charge in [0.15, 0.2) is 0 Å². The van der Waals surface area contributed by atoms with E-state index in [0.29, 0.717) is 31.5 Å². The predicted molar refractivity (Wildman–Crippen MR) is 69.4 cm³/mol. The molecule has 0 spiro atoms. The lowest BCUT2D eigenvalue weighted by atomic mass is 10.1. The van der Waals surface area contributed by atoms with Crippen molar-refractivity contribution in [3.05, 3.63) is 23.0 Å². The molecule has 0 saturated carbocycles. The van der Waals surface area contributed by atoms with Crippen molar-refractivity contribution in [2.45, 2.75) is 33.6 Å². The van der Waals surface area contributed by atoms with Gasteiger partial charge < -0.3 is 10.0 Å². The summed E-state index contributed by atoms with van der Waals surface area (Å²) < 4.78 is 0. The Balaban J connectivity index is 2.96. The number of carbonyl (C=O) groups excluding carboxylic acids is 1. The van der Waals surface area contributed by atoms with Gasteiger partial charge in [0.2, 0.25) is 0 Å². The minimum absolute atomic E-state index is 0.0270. The normalized spacial score (nSPS) is 10.4. The second kappa shape index (κ2) is 7.06. The molecular weight excluding hydrogens is 230 g/mol. The Morgan fingerprint density at radius 2 is 2.11 bits per heavy atom. The van der Waals surface area contributed by atoms with Crippen LogP contribution in [0.4, 0.5) is 0 Å². The molecule has 5 heteroatoms. The first-order valence-electron chi connectivity index (χ1n) is 6.37. The maximum Gasteiger partial charge on any atom is 0.255 e. The fourth-order valence-corrected chi connectivity index (χ4v) is 1.80. The van der Waals surface area contributed by atoms with Crippen LogP contribution in [-0.2, 0) is 6.42 Å². The molecule has 1 rings (SSSR count). The van der Waals surface area contributed by atoms with E-state index < -0.39 is 0 Å². The molecule has 1 N–H and O–H groups in total. The van der Waals surface area contributed by atoms with E-state index in [-0.39, 0.29) is 12.5 Å². The quantitative estimate of drug-likeness (QED) is 0.824. The number of aliphatic hydroxyl groups excluding tert-OH is 1. The first kappa shape index (κ1) is 14.6. The zero-order chi connectivity index (χ0) is 13.5. The van der Waals surface area contributed by atoms with Crippen LogP contribution < -0.4 is 0 Å². The summed E-state index contributed by atoms with van der Waals surface area (Å²) in [4.78, 5) is 14.1. The van der Waals surface area contributed by atoms with Gasteiger partial charge in [0.1, 0.15) is 0 Å². The average molecular weight is 251 g/mol. The van der Waals surface area contributed by atoms with Gasteiger partial charge in [0.25, 0.3) is 5.91 Å². The highest BCUT2D eigenvalue weighted by molar-refractivity contribution is 5.95. The zero-order valence-corrected chi connectivity index (χ0v) is 11.3. The third-order valence-electron chi connectivity index (χ3n) is 2.81. The standard InChI is InChI=1S/C13H21N3O2/c1-4-12-11(9-10(3)14-15-12)13(18)16(5-2)7-6-8-17/h9,17H,4-8H2,1-3H3. The lowest BCUT2D eigenvalue weighted by Crippen LogP contribution is -2.33. The Hall–Kier alpha value is -1.49. The minimum atomic E-state index is -0.0270. The molecule has 1 amide bonds. The summed E-state index contributed by atoms with van der Waals surface area (Å²) in [6.45, 7) is 7.01. The van der Waals surface area contributed by atoms with E-state index in [2.05, 4.69) is 10.2 Å². The molecule has 1 aromatic rings. The van der Waals surface area contributed by atoms with E-state index in [1.807, 2.05) is 20.8 Å². The van der Waals surface area contributed by atoms with E-state index in [9.17, 15) is 4.79 Å². The maximum atomic E-state index is 12.4. The summed E-state index contributed by atoms with van der Waals surface area (Å²) in [6.07, 6.45) is 1.28. The molecule has 0 aliphatic rings. The third kappa shape index (κ3) is 3.50. The van der Waals surface area contributed by atoms with Gasteiger partial charge in [0.05, 0.1) is 17.0 Å². The van der Waals surface area contributed by atoms with E-state index >= 15 is 0 Å². The van der Waals surface area contributed by atoms with E-state index in [1.165, 1.54) is 0 Å². The Kier molecular flexibility index (Phi) is 5.71. The van der Waals surface area contributed by atoms with Gasteiger partial charge in [-0.25, -0.2) is 0 Å². The number of aromatic nitrogens is 2. The van der Waals surface area contributed by atoms with E-state index in [0.717, 1.165) is 11.4 Å². The summed E-state index contributed by atoms with van der Waals surface area (Å²) in [5.74, 6) is -0.0270. The largest absolute Gasteiger partial charge is 0.396 e. The molecule has 0 fully saturated rings. The molecule has 0 saturated heterocycles. The van der Waals surface area contributed by atoms with Crippen LogP contribution in [0.25, 0.3) is 0 Å². The topological polar surface area (TPSA) is 66.3 Å². The molecule has 0 radical (unpaired) electrons. The highest BCUT2D eigenvalue weighted by Crippen LogP contribution is 2.11. The Bertz CT molecular complexity index is 407.